The minimum Gasteiger partial charge on any atom is -0.488 e. The maximum Gasteiger partial charge on any atom is 0.339 e. The molecule has 3 aromatic carbocycles. The first-order chi connectivity index (χ1) is 14.2. The molecule has 29 heavy (non-hydrogen) atoms. The average Bonchev–Trinajstić information content (AvgIpc) is 2.77. The quantitative estimate of drug-likeness (QED) is 0.512. The summed E-state index contributed by atoms with van der Waals surface area (Å²) in [7, 11) is 0. The van der Waals surface area contributed by atoms with Crippen molar-refractivity contribution in [1.29, 1.82) is 0 Å². The first-order valence-electron chi connectivity index (χ1n) is 10.4. The van der Waals surface area contributed by atoms with E-state index in [1.807, 2.05) is 36.4 Å². The van der Waals surface area contributed by atoms with Gasteiger partial charge in [-0.05, 0) is 47.2 Å². The minimum atomic E-state index is -0.975. The van der Waals surface area contributed by atoms with Gasteiger partial charge in [-0.2, -0.15) is 0 Å². The van der Waals surface area contributed by atoms with Crippen LogP contribution >= 0.6 is 0 Å². The number of carboxylic acid groups (broad SMARTS) is 1. The lowest BCUT2D eigenvalue weighted by Crippen LogP contribution is -2.17. The number of carboxylic acids is 1. The highest BCUT2D eigenvalue weighted by atomic mass is 16.5. The van der Waals surface area contributed by atoms with E-state index in [1.54, 1.807) is 6.07 Å². The van der Waals surface area contributed by atoms with Crippen molar-refractivity contribution in [3.8, 4) is 5.75 Å². The SMILES string of the molecule is O=C(O)c1ccc(NCC2CCCCC2)cc1OCc1cccc2ccccc12. The highest BCUT2D eigenvalue weighted by Crippen LogP contribution is 2.28. The van der Waals surface area contributed by atoms with Gasteiger partial charge in [0.1, 0.15) is 17.9 Å². The van der Waals surface area contributed by atoms with Crippen LogP contribution in [0, 0.1) is 5.92 Å². The number of aromatic carboxylic acids is 1. The molecule has 4 heteroatoms. The number of benzene rings is 3. The van der Waals surface area contributed by atoms with Crippen LogP contribution in [0.25, 0.3) is 10.8 Å². The molecule has 150 valence electrons. The minimum absolute atomic E-state index is 0.188. The van der Waals surface area contributed by atoms with E-state index in [-0.39, 0.29) is 5.56 Å². The molecule has 0 unspecified atom stereocenters. The third-order valence-corrected chi connectivity index (χ3v) is 5.79. The highest BCUT2D eigenvalue weighted by molar-refractivity contribution is 5.91. The summed E-state index contributed by atoms with van der Waals surface area (Å²) in [6.07, 6.45) is 6.50. The predicted molar refractivity (Wildman–Crippen MR) is 117 cm³/mol. The molecule has 1 aliphatic carbocycles. The summed E-state index contributed by atoms with van der Waals surface area (Å²) < 4.78 is 6.00. The molecule has 2 N–H and O–H groups in total. The first kappa shape index (κ1) is 19.3. The monoisotopic (exact) mass is 389 g/mol. The molecule has 0 saturated heterocycles. The number of fused-ring (bicyclic) bond motifs is 1. The summed E-state index contributed by atoms with van der Waals surface area (Å²) in [4.78, 5) is 11.7. The Morgan fingerprint density at radius 3 is 2.62 bits per heavy atom. The summed E-state index contributed by atoms with van der Waals surface area (Å²) in [6.45, 7) is 1.25. The molecule has 3 aromatic rings. The Hall–Kier alpha value is -3.01. The molecule has 0 aliphatic heterocycles. The number of carbonyl (C=O) groups is 1. The first-order valence-corrected chi connectivity index (χ1v) is 10.4. The summed E-state index contributed by atoms with van der Waals surface area (Å²) >= 11 is 0. The molecule has 0 bridgehead atoms. The Bertz CT molecular complexity index is 987. The van der Waals surface area contributed by atoms with Crippen molar-refractivity contribution in [3.63, 3.8) is 0 Å². The Morgan fingerprint density at radius 2 is 1.79 bits per heavy atom. The van der Waals surface area contributed by atoms with Crippen LogP contribution < -0.4 is 10.1 Å². The van der Waals surface area contributed by atoms with Gasteiger partial charge >= 0.3 is 5.97 Å². The van der Waals surface area contributed by atoms with Crippen molar-refractivity contribution in [2.24, 2.45) is 5.92 Å². The van der Waals surface area contributed by atoms with Crippen LogP contribution in [-0.4, -0.2) is 17.6 Å². The molecule has 0 atom stereocenters. The molecule has 4 nitrogen and oxygen atoms in total. The van der Waals surface area contributed by atoms with E-state index in [0.717, 1.165) is 28.6 Å². The Kier molecular flexibility index (Phi) is 5.99. The van der Waals surface area contributed by atoms with Crippen molar-refractivity contribution in [2.75, 3.05) is 11.9 Å². The Labute approximate surface area is 171 Å². The van der Waals surface area contributed by atoms with Crippen molar-refractivity contribution in [2.45, 2.75) is 38.7 Å². The normalized spacial score (nSPS) is 14.6. The maximum atomic E-state index is 11.7. The predicted octanol–water partition coefficient (Wildman–Crippen LogP) is 6.11. The second-order valence-corrected chi connectivity index (χ2v) is 7.83. The third-order valence-electron chi connectivity index (χ3n) is 5.79. The fourth-order valence-corrected chi connectivity index (χ4v) is 4.16. The zero-order valence-corrected chi connectivity index (χ0v) is 16.6. The van der Waals surface area contributed by atoms with E-state index >= 15 is 0 Å². The zero-order chi connectivity index (χ0) is 20.1. The van der Waals surface area contributed by atoms with E-state index in [2.05, 4.69) is 23.5 Å². The number of hydrogen-bond acceptors (Lipinski definition) is 3. The van der Waals surface area contributed by atoms with Gasteiger partial charge in [-0.3, -0.25) is 0 Å². The van der Waals surface area contributed by atoms with Gasteiger partial charge < -0.3 is 15.2 Å². The number of hydrogen-bond donors (Lipinski definition) is 2. The van der Waals surface area contributed by atoms with Crippen LogP contribution in [0.5, 0.6) is 5.75 Å². The summed E-state index contributed by atoms with van der Waals surface area (Å²) in [5, 5.41) is 15.3. The van der Waals surface area contributed by atoms with Gasteiger partial charge in [0.25, 0.3) is 0 Å². The van der Waals surface area contributed by atoms with Gasteiger partial charge in [-0.15, -0.1) is 0 Å². The Morgan fingerprint density at radius 1 is 1.00 bits per heavy atom. The lowest BCUT2D eigenvalue weighted by Gasteiger charge is -2.22. The Balaban J connectivity index is 1.50. The standard InChI is InChI=1S/C25H27NO3/c27-25(28)23-14-13-21(26-16-18-7-2-1-3-8-18)15-24(23)29-17-20-11-6-10-19-9-4-5-12-22(19)20/h4-6,9-15,18,26H,1-3,7-8,16-17H2,(H,27,28). The molecule has 4 rings (SSSR count). The third kappa shape index (κ3) is 4.70. The van der Waals surface area contributed by atoms with E-state index < -0.39 is 5.97 Å². The summed E-state index contributed by atoms with van der Waals surface area (Å²) in [6, 6.07) is 19.5. The topological polar surface area (TPSA) is 58.6 Å². The van der Waals surface area contributed by atoms with Crippen LogP contribution in [0.15, 0.2) is 60.7 Å². The van der Waals surface area contributed by atoms with Gasteiger partial charge in [-0.25, -0.2) is 4.79 Å². The number of anilines is 1. The second kappa shape index (κ2) is 8.99. The molecule has 0 radical (unpaired) electrons. The van der Waals surface area contributed by atoms with E-state index in [9.17, 15) is 9.90 Å². The fraction of sp³-hybridized carbons (Fsp3) is 0.320. The van der Waals surface area contributed by atoms with E-state index in [4.69, 9.17) is 4.74 Å². The zero-order valence-electron chi connectivity index (χ0n) is 16.6. The van der Waals surface area contributed by atoms with Gasteiger partial charge in [0.05, 0.1) is 0 Å². The molecule has 0 heterocycles. The summed E-state index contributed by atoms with van der Waals surface area (Å²) in [5.41, 5.74) is 2.14. The van der Waals surface area contributed by atoms with Gasteiger partial charge in [-0.1, -0.05) is 61.7 Å². The lowest BCUT2D eigenvalue weighted by atomic mass is 9.89. The van der Waals surface area contributed by atoms with Crippen LogP contribution in [-0.2, 0) is 6.61 Å². The largest absolute Gasteiger partial charge is 0.488 e. The molecular formula is C25H27NO3. The number of ether oxygens (including phenoxy) is 1. The van der Waals surface area contributed by atoms with Gasteiger partial charge in [0.2, 0.25) is 0 Å². The van der Waals surface area contributed by atoms with Crippen molar-refractivity contribution in [3.05, 3.63) is 71.8 Å². The molecule has 0 spiro atoms. The molecule has 0 amide bonds. The summed E-state index contributed by atoms with van der Waals surface area (Å²) in [5.74, 6) is 0.124. The van der Waals surface area contributed by atoms with Gasteiger partial charge in [0, 0.05) is 18.3 Å². The molecule has 1 fully saturated rings. The molecule has 0 aromatic heterocycles. The molecular weight excluding hydrogens is 362 g/mol. The lowest BCUT2D eigenvalue weighted by molar-refractivity contribution is 0.0692. The van der Waals surface area contributed by atoms with Crippen LogP contribution in [0.3, 0.4) is 0 Å². The van der Waals surface area contributed by atoms with Crippen molar-refractivity contribution >= 4 is 22.4 Å². The van der Waals surface area contributed by atoms with Crippen molar-refractivity contribution in [1.82, 2.24) is 0 Å². The molecule has 1 aliphatic rings. The van der Waals surface area contributed by atoms with Gasteiger partial charge in [0.15, 0.2) is 0 Å². The maximum absolute atomic E-state index is 11.7. The highest BCUT2D eigenvalue weighted by Gasteiger charge is 2.15. The number of nitrogens with one attached hydrogen (secondary N) is 1. The van der Waals surface area contributed by atoms with E-state index in [0.29, 0.717) is 18.3 Å². The van der Waals surface area contributed by atoms with Crippen LogP contribution in [0.1, 0.15) is 48.0 Å². The van der Waals surface area contributed by atoms with Crippen LogP contribution in [0.4, 0.5) is 5.69 Å². The average molecular weight is 389 g/mol. The molecule has 1 saturated carbocycles. The fourth-order valence-electron chi connectivity index (χ4n) is 4.16. The second-order valence-electron chi connectivity index (χ2n) is 7.83. The number of rotatable bonds is 7. The van der Waals surface area contributed by atoms with Crippen molar-refractivity contribution < 1.29 is 14.6 Å². The van der Waals surface area contributed by atoms with Crippen LogP contribution in [0.2, 0.25) is 0 Å². The smallest absolute Gasteiger partial charge is 0.339 e. The van der Waals surface area contributed by atoms with E-state index in [1.165, 1.54) is 32.1 Å².